The summed E-state index contributed by atoms with van der Waals surface area (Å²) in [6.07, 6.45) is 1.01. The van der Waals surface area contributed by atoms with Crippen molar-refractivity contribution < 1.29 is 19.5 Å². The van der Waals surface area contributed by atoms with Crippen LogP contribution in [0.4, 0.5) is 0 Å². The Morgan fingerprint density at radius 2 is 1.83 bits per heavy atom. The molecule has 1 aliphatic rings. The van der Waals surface area contributed by atoms with Crippen LogP contribution >= 0.6 is 0 Å². The molecule has 1 aliphatic heterocycles. The molecule has 23 heavy (non-hydrogen) atoms. The first kappa shape index (κ1) is 17.1. The molecule has 1 fully saturated rings. The highest BCUT2D eigenvalue weighted by atomic mass is 16.3. The summed E-state index contributed by atoms with van der Waals surface area (Å²) in [4.78, 5) is 38.3. The predicted molar refractivity (Wildman–Crippen MR) is 84.2 cm³/mol. The molecule has 124 valence electrons. The molecule has 1 aromatic carbocycles. The van der Waals surface area contributed by atoms with Crippen LogP contribution in [0, 0.1) is 0 Å². The summed E-state index contributed by atoms with van der Waals surface area (Å²) >= 11 is 0. The number of rotatable bonds is 7. The van der Waals surface area contributed by atoms with E-state index in [0.717, 1.165) is 10.5 Å². The number of benzene rings is 1. The fourth-order valence-electron chi connectivity index (χ4n) is 2.81. The number of imide groups is 1. The molecule has 0 saturated carbocycles. The molecule has 0 unspecified atom stereocenters. The van der Waals surface area contributed by atoms with Gasteiger partial charge in [0.2, 0.25) is 17.7 Å². The first-order chi connectivity index (χ1) is 11.0. The Bertz CT molecular complexity index is 557. The molecule has 0 radical (unpaired) electrons. The summed E-state index contributed by atoms with van der Waals surface area (Å²) in [6.45, 7) is 0.0990. The van der Waals surface area contributed by atoms with Crippen LogP contribution in [0.25, 0.3) is 0 Å². The minimum absolute atomic E-state index is 0.0275. The van der Waals surface area contributed by atoms with E-state index in [-0.39, 0.29) is 56.2 Å². The van der Waals surface area contributed by atoms with Gasteiger partial charge in [0, 0.05) is 39.5 Å². The first-order valence-corrected chi connectivity index (χ1v) is 7.79. The average Bonchev–Trinajstić information content (AvgIpc) is 2.89. The normalized spacial score (nSPS) is 15.8. The second kappa shape index (κ2) is 7.87. The molecule has 0 aromatic heterocycles. The number of likely N-dealkylation sites (tertiary alicyclic amines) is 1. The number of amides is 3. The Hall–Kier alpha value is -2.21. The van der Waals surface area contributed by atoms with Gasteiger partial charge in [0.15, 0.2) is 0 Å². The highest BCUT2D eigenvalue weighted by Gasteiger charge is 2.30. The summed E-state index contributed by atoms with van der Waals surface area (Å²) in [5, 5.41) is 9.27. The number of nitrogens with zero attached hydrogens (tertiary/aromatic N) is 2. The van der Waals surface area contributed by atoms with Crippen LogP contribution in [-0.4, -0.2) is 52.8 Å². The number of carbonyl (C=O) groups excluding carboxylic acids is 3. The lowest BCUT2D eigenvalue weighted by Gasteiger charge is -2.29. The van der Waals surface area contributed by atoms with E-state index < -0.39 is 0 Å². The van der Waals surface area contributed by atoms with Crippen molar-refractivity contribution in [2.45, 2.75) is 31.7 Å². The Morgan fingerprint density at radius 1 is 1.22 bits per heavy atom. The molecule has 6 heteroatoms. The minimum Gasteiger partial charge on any atom is -0.396 e. The van der Waals surface area contributed by atoms with E-state index in [1.807, 2.05) is 30.3 Å². The number of hydrogen-bond acceptors (Lipinski definition) is 4. The molecule has 0 spiro atoms. The lowest BCUT2D eigenvalue weighted by atomic mass is 10.0. The Labute approximate surface area is 135 Å². The van der Waals surface area contributed by atoms with Crippen LogP contribution in [0.2, 0.25) is 0 Å². The first-order valence-electron chi connectivity index (χ1n) is 7.79. The number of hydrogen-bond donors (Lipinski definition) is 1. The third-order valence-electron chi connectivity index (χ3n) is 4.15. The van der Waals surface area contributed by atoms with Crippen LogP contribution in [0.15, 0.2) is 30.3 Å². The van der Waals surface area contributed by atoms with Gasteiger partial charge in [0.25, 0.3) is 0 Å². The van der Waals surface area contributed by atoms with Crippen molar-refractivity contribution in [3.63, 3.8) is 0 Å². The lowest BCUT2D eigenvalue weighted by Crippen LogP contribution is -2.36. The van der Waals surface area contributed by atoms with Gasteiger partial charge in [0.05, 0.1) is 6.04 Å². The van der Waals surface area contributed by atoms with E-state index in [2.05, 4.69) is 0 Å². The van der Waals surface area contributed by atoms with Crippen molar-refractivity contribution in [1.82, 2.24) is 9.80 Å². The fraction of sp³-hybridized carbons (Fsp3) is 0.471. The number of carbonyl (C=O) groups is 3. The van der Waals surface area contributed by atoms with Gasteiger partial charge in [-0.1, -0.05) is 30.3 Å². The molecular weight excluding hydrogens is 296 g/mol. The van der Waals surface area contributed by atoms with Gasteiger partial charge >= 0.3 is 0 Å². The summed E-state index contributed by atoms with van der Waals surface area (Å²) in [5.74, 6) is -0.569. The standard InChI is InChI=1S/C17H22N2O4/c1-18(14(10-12-20)13-5-3-2-4-6-13)15(21)9-11-19-16(22)7-8-17(19)23/h2-6,14,20H,7-12H2,1H3/t14-/m0/s1. The lowest BCUT2D eigenvalue weighted by molar-refractivity contribution is -0.139. The van der Waals surface area contributed by atoms with Gasteiger partial charge < -0.3 is 10.0 Å². The van der Waals surface area contributed by atoms with Gasteiger partial charge in [-0.25, -0.2) is 0 Å². The number of aliphatic hydroxyl groups excluding tert-OH is 1. The monoisotopic (exact) mass is 318 g/mol. The summed E-state index contributed by atoms with van der Waals surface area (Å²) in [7, 11) is 1.68. The topological polar surface area (TPSA) is 77.9 Å². The molecule has 1 heterocycles. The molecule has 0 bridgehead atoms. The molecule has 3 amide bonds. The highest BCUT2D eigenvalue weighted by Crippen LogP contribution is 2.23. The van der Waals surface area contributed by atoms with Crippen molar-refractivity contribution in [3.8, 4) is 0 Å². The quantitative estimate of drug-likeness (QED) is 0.764. The van der Waals surface area contributed by atoms with Gasteiger partial charge in [-0.05, 0) is 12.0 Å². The van der Waals surface area contributed by atoms with Crippen molar-refractivity contribution >= 4 is 17.7 Å². The SMILES string of the molecule is CN(C(=O)CCN1C(=O)CCC1=O)[C@@H](CCO)c1ccccc1. The maximum Gasteiger partial charge on any atom is 0.229 e. The van der Waals surface area contributed by atoms with Crippen molar-refractivity contribution in [1.29, 1.82) is 0 Å². The second-order valence-corrected chi connectivity index (χ2v) is 5.63. The second-order valence-electron chi connectivity index (χ2n) is 5.63. The van der Waals surface area contributed by atoms with Crippen LogP contribution in [0.5, 0.6) is 0 Å². The van der Waals surface area contributed by atoms with E-state index >= 15 is 0 Å². The number of aliphatic hydroxyl groups is 1. The molecule has 6 nitrogen and oxygen atoms in total. The third-order valence-corrected chi connectivity index (χ3v) is 4.15. The van der Waals surface area contributed by atoms with Crippen molar-refractivity contribution in [3.05, 3.63) is 35.9 Å². The zero-order valence-electron chi connectivity index (χ0n) is 13.3. The van der Waals surface area contributed by atoms with Crippen molar-refractivity contribution in [2.75, 3.05) is 20.2 Å². The van der Waals surface area contributed by atoms with Crippen molar-refractivity contribution in [2.24, 2.45) is 0 Å². The van der Waals surface area contributed by atoms with E-state index in [4.69, 9.17) is 0 Å². The largest absolute Gasteiger partial charge is 0.396 e. The average molecular weight is 318 g/mol. The molecule has 1 atom stereocenters. The zero-order chi connectivity index (χ0) is 16.8. The van der Waals surface area contributed by atoms with Gasteiger partial charge in [-0.3, -0.25) is 19.3 Å². The molecule has 2 rings (SSSR count). The van der Waals surface area contributed by atoms with Crippen LogP contribution in [0.1, 0.15) is 37.3 Å². The van der Waals surface area contributed by atoms with E-state index in [9.17, 15) is 19.5 Å². The molecule has 0 aliphatic carbocycles. The van der Waals surface area contributed by atoms with E-state index in [1.54, 1.807) is 11.9 Å². The summed E-state index contributed by atoms with van der Waals surface area (Å²) < 4.78 is 0. The van der Waals surface area contributed by atoms with Crippen LogP contribution in [-0.2, 0) is 14.4 Å². The minimum atomic E-state index is -0.223. The Balaban J connectivity index is 1.99. The Kier molecular flexibility index (Phi) is 5.87. The maximum absolute atomic E-state index is 12.4. The smallest absolute Gasteiger partial charge is 0.229 e. The van der Waals surface area contributed by atoms with E-state index in [1.165, 1.54) is 0 Å². The van der Waals surface area contributed by atoms with Crippen LogP contribution in [0.3, 0.4) is 0 Å². The summed E-state index contributed by atoms with van der Waals surface area (Å²) in [6, 6.07) is 9.28. The van der Waals surface area contributed by atoms with Gasteiger partial charge in [0.1, 0.15) is 0 Å². The molecule has 1 saturated heterocycles. The highest BCUT2D eigenvalue weighted by molar-refractivity contribution is 6.02. The fourth-order valence-corrected chi connectivity index (χ4v) is 2.81. The Morgan fingerprint density at radius 3 is 2.39 bits per heavy atom. The molecule has 1 N–H and O–H groups in total. The maximum atomic E-state index is 12.4. The van der Waals surface area contributed by atoms with Gasteiger partial charge in [-0.15, -0.1) is 0 Å². The molecular formula is C17H22N2O4. The zero-order valence-corrected chi connectivity index (χ0v) is 13.3. The van der Waals surface area contributed by atoms with E-state index in [0.29, 0.717) is 6.42 Å². The summed E-state index contributed by atoms with van der Waals surface area (Å²) in [5.41, 5.74) is 0.950. The predicted octanol–water partition coefficient (Wildman–Crippen LogP) is 1.11. The van der Waals surface area contributed by atoms with Crippen LogP contribution < -0.4 is 0 Å². The van der Waals surface area contributed by atoms with Gasteiger partial charge in [-0.2, -0.15) is 0 Å². The third kappa shape index (κ3) is 4.16. The molecule has 1 aromatic rings.